The first-order valence-corrected chi connectivity index (χ1v) is 11.3. The van der Waals surface area contributed by atoms with Crippen molar-refractivity contribution < 1.29 is 0 Å². The molecule has 0 amide bonds. The van der Waals surface area contributed by atoms with E-state index in [9.17, 15) is 0 Å². The molecule has 2 heterocycles. The summed E-state index contributed by atoms with van der Waals surface area (Å²) < 4.78 is 0. The van der Waals surface area contributed by atoms with Crippen LogP contribution in [0.4, 0.5) is 0 Å². The van der Waals surface area contributed by atoms with Gasteiger partial charge in [0.2, 0.25) is 0 Å². The second-order valence-electron chi connectivity index (χ2n) is 7.47. The molecule has 1 aliphatic heterocycles. The lowest BCUT2D eigenvalue weighted by Gasteiger charge is -2.20. The zero-order valence-corrected chi connectivity index (χ0v) is 20.8. The summed E-state index contributed by atoms with van der Waals surface area (Å²) in [6, 6.07) is 8.93. The van der Waals surface area contributed by atoms with E-state index in [0.29, 0.717) is 0 Å². The van der Waals surface area contributed by atoms with Crippen molar-refractivity contribution in [2.45, 2.75) is 52.1 Å². The topological polar surface area (TPSA) is 52.6 Å². The van der Waals surface area contributed by atoms with Crippen LogP contribution in [0.2, 0.25) is 0 Å². The maximum Gasteiger partial charge on any atom is 0.191 e. The van der Waals surface area contributed by atoms with Gasteiger partial charge in [0.25, 0.3) is 0 Å². The molecule has 0 aliphatic carbocycles. The third kappa shape index (κ3) is 8.60. The van der Waals surface area contributed by atoms with Gasteiger partial charge in [-0.3, -0.25) is 9.89 Å². The molecule has 7 heteroatoms. The van der Waals surface area contributed by atoms with Gasteiger partial charge in [-0.1, -0.05) is 37.1 Å². The van der Waals surface area contributed by atoms with Crippen LogP contribution in [-0.2, 0) is 19.5 Å². The average Bonchev–Trinajstić information content (AvgIpc) is 2.95. The van der Waals surface area contributed by atoms with Crippen molar-refractivity contribution in [3.05, 3.63) is 51.5 Å². The third-order valence-corrected chi connectivity index (χ3v) is 5.94. The molecule has 3 rings (SSSR count). The maximum atomic E-state index is 4.50. The second kappa shape index (κ2) is 13.2. The molecule has 2 aromatic rings. The van der Waals surface area contributed by atoms with Gasteiger partial charge in [0, 0.05) is 38.5 Å². The van der Waals surface area contributed by atoms with Gasteiger partial charge in [0.1, 0.15) is 0 Å². The number of halogens is 1. The van der Waals surface area contributed by atoms with Crippen LogP contribution >= 0.6 is 35.3 Å². The number of guanidine groups is 1. The number of aryl methyl sites for hydroxylation is 1. The van der Waals surface area contributed by atoms with Gasteiger partial charge in [0.15, 0.2) is 5.96 Å². The summed E-state index contributed by atoms with van der Waals surface area (Å²) in [5, 5.41) is 10.1. The summed E-state index contributed by atoms with van der Waals surface area (Å²) in [6.07, 6.45) is 6.35. The van der Waals surface area contributed by atoms with Crippen LogP contribution in [-0.4, -0.2) is 42.5 Å². The third-order valence-electron chi connectivity index (χ3n) is 5.12. The molecule has 0 atom stereocenters. The lowest BCUT2D eigenvalue weighted by atomic mass is 10.1. The van der Waals surface area contributed by atoms with Crippen LogP contribution in [0.3, 0.4) is 0 Å². The molecule has 0 unspecified atom stereocenters. The number of aromatic nitrogens is 1. The summed E-state index contributed by atoms with van der Waals surface area (Å²) in [7, 11) is 1.82. The maximum absolute atomic E-state index is 4.50. The SMILES string of the molecule is CN=C(NCCc1csc(C)n1)NCc1cccc(CN2CCCCCC2)c1.I. The van der Waals surface area contributed by atoms with Gasteiger partial charge >= 0.3 is 0 Å². The van der Waals surface area contributed by atoms with E-state index in [1.165, 1.54) is 49.9 Å². The molecule has 0 saturated carbocycles. The zero-order valence-electron chi connectivity index (χ0n) is 17.6. The van der Waals surface area contributed by atoms with Gasteiger partial charge < -0.3 is 10.6 Å². The minimum absolute atomic E-state index is 0. The minimum atomic E-state index is 0. The fraction of sp³-hybridized carbons (Fsp3) is 0.545. The lowest BCUT2D eigenvalue weighted by molar-refractivity contribution is 0.277. The average molecular weight is 528 g/mol. The van der Waals surface area contributed by atoms with Crippen LogP contribution in [0.25, 0.3) is 0 Å². The fourth-order valence-corrected chi connectivity index (χ4v) is 4.28. The summed E-state index contributed by atoms with van der Waals surface area (Å²) in [5.41, 5.74) is 3.85. The molecule has 0 bridgehead atoms. The van der Waals surface area contributed by atoms with Crippen molar-refractivity contribution in [2.24, 2.45) is 4.99 Å². The van der Waals surface area contributed by atoms with E-state index in [2.05, 4.69) is 55.2 Å². The van der Waals surface area contributed by atoms with Crippen molar-refractivity contribution in [3.63, 3.8) is 0 Å². The molecule has 29 heavy (non-hydrogen) atoms. The monoisotopic (exact) mass is 527 g/mol. The molecule has 1 aliphatic rings. The largest absolute Gasteiger partial charge is 0.356 e. The molecule has 5 nitrogen and oxygen atoms in total. The molecule has 0 radical (unpaired) electrons. The Morgan fingerprint density at radius 2 is 1.90 bits per heavy atom. The first kappa shape index (κ1) is 24.1. The van der Waals surface area contributed by atoms with E-state index < -0.39 is 0 Å². The van der Waals surface area contributed by atoms with E-state index in [-0.39, 0.29) is 24.0 Å². The smallest absolute Gasteiger partial charge is 0.191 e. The number of benzene rings is 1. The molecular weight excluding hydrogens is 493 g/mol. The van der Waals surface area contributed by atoms with Crippen molar-refractivity contribution in [2.75, 3.05) is 26.7 Å². The van der Waals surface area contributed by atoms with Gasteiger partial charge in [-0.15, -0.1) is 35.3 Å². The van der Waals surface area contributed by atoms with Crippen molar-refractivity contribution in [1.82, 2.24) is 20.5 Å². The predicted molar refractivity (Wildman–Crippen MR) is 134 cm³/mol. The molecule has 1 aromatic carbocycles. The second-order valence-corrected chi connectivity index (χ2v) is 8.53. The number of nitrogens with zero attached hydrogens (tertiary/aromatic N) is 3. The highest BCUT2D eigenvalue weighted by Crippen LogP contribution is 2.14. The van der Waals surface area contributed by atoms with Crippen molar-refractivity contribution >= 4 is 41.3 Å². The lowest BCUT2D eigenvalue weighted by Crippen LogP contribution is -2.37. The van der Waals surface area contributed by atoms with Crippen LogP contribution in [0.15, 0.2) is 34.6 Å². The van der Waals surface area contributed by atoms with Crippen LogP contribution in [0.5, 0.6) is 0 Å². The number of hydrogen-bond donors (Lipinski definition) is 2. The Labute approximate surface area is 196 Å². The Balaban J connectivity index is 0.00000300. The highest BCUT2D eigenvalue weighted by Gasteiger charge is 2.09. The van der Waals surface area contributed by atoms with E-state index >= 15 is 0 Å². The molecular formula is C22H34IN5S. The zero-order chi connectivity index (χ0) is 19.6. The Morgan fingerprint density at radius 3 is 2.59 bits per heavy atom. The van der Waals surface area contributed by atoms with E-state index in [1.54, 1.807) is 11.3 Å². The van der Waals surface area contributed by atoms with E-state index in [0.717, 1.165) is 42.7 Å². The Hall–Kier alpha value is -1.19. The first-order chi connectivity index (χ1) is 13.7. The highest BCUT2D eigenvalue weighted by molar-refractivity contribution is 14.0. The number of rotatable bonds is 7. The Kier molecular flexibility index (Phi) is 10.9. The predicted octanol–water partition coefficient (Wildman–Crippen LogP) is 4.35. The summed E-state index contributed by atoms with van der Waals surface area (Å²) >= 11 is 1.70. The van der Waals surface area contributed by atoms with Crippen molar-refractivity contribution in [3.8, 4) is 0 Å². The van der Waals surface area contributed by atoms with Crippen LogP contribution < -0.4 is 10.6 Å². The molecule has 0 spiro atoms. The van der Waals surface area contributed by atoms with Gasteiger partial charge in [-0.2, -0.15) is 0 Å². The van der Waals surface area contributed by atoms with Crippen LogP contribution in [0, 0.1) is 6.92 Å². The quantitative estimate of drug-likeness (QED) is 0.320. The summed E-state index contributed by atoms with van der Waals surface area (Å²) in [5.74, 6) is 0.838. The number of likely N-dealkylation sites (tertiary alicyclic amines) is 1. The van der Waals surface area contributed by atoms with E-state index in [1.807, 2.05) is 14.0 Å². The number of hydrogen-bond acceptors (Lipinski definition) is 4. The molecule has 2 N–H and O–H groups in total. The normalized spacial score (nSPS) is 15.4. The number of thiazole rings is 1. The summed E-state index contributed by atoms with van der Waals surface area (Å²) in [6.45, 7) is 7.19. The van der Waals surface area contributed by atoms with Crippen molar-refractivity contribution in [1.29, 1.82) is 0 Å². The first-order valence-electron chi connectivity index (χ1n) is 10.4. The highest BCUT2D eigenvalue weighted by atomic mass is 127. The molecule has 1 fully saturated rings. The minimum Gasteiger partial charge on any atom is -0.356 e. The van der Waals surface area contributed by atoms with E-state index in [4.69, 9.17) is 0 Å². The van der Waals surface area contributed by atoms with Gasteiger partial charge in [0.05, 0.1) is 10.7 Å². The Bertz CT molecular complexity index is 753. The summed E-state index contributed by atoms with van der Waals surface area (Å²) in [4.78, 5) is 11.4. The Morgan fingerprint density at radius 1 is 1.14 bits per heavy atom. The van der Waals surface area contributed by atoms with Gasteiger partial charge in [-0.25, -0.2) is 4.98 Å². The molecule has 1 saturated heterocycles. The molecule has 160 valence electrons. The molecule has 1 aromatic heterocycles. The van der Waals surface area contributed by atoms with Crippen LogP contribution in [0.1, 0.15) is 47.5 Å². The standard InChI is InChI=1S/C22H33N5S.HI/c1-18-26-21(17-28-18)10-11-24-22(23-2)25-15-19-8-7-9-20(14-19)16-27-12-5-3-4-6-13-27;/h7-9,14,17H,3-6,10-13,15-16H2,1-2H3,(H2,23,24,25);1H. The fourth-order valence-electron chi connectivity index (χ4n) is 3.63. The number of nitrogens with one attached hydrogen (secondary N) is 2. The number of aliphatic imine (C=N–C) groups is 1. The van der Waals surface area contributed by atoms with Gasteiger partial charge in [-0.05, 0) is 44.0 Å².